The van der Waals surface area contributed by atoms with Gasteiger partial charge in [-0.1, -0.05) is 18.2 Å². The van der Waals surface area contributed by atoms with Crippen LogP contribution in [0.2, 0.25) is 0 Å². The highest BCUT2D eigenvalue weighted by atomic mass is 32.2. The molecule has 1 N–H and O–H groups in total. The molecule has 1 heterocycles. The van der Waals surface area contributed by atoms with E-state index in [2.05, 4.69) is 9.82 Å². The molecular formula is C23H18F3N3OS. The van der Waals surface area contributed by atoms with Crippen molar-refractivity contribution < 1.29 is 18.0 Å². The second-order valence-corrected chi connectivity index (χ2v) is 7.92. The van der Waals surface area contributed by atoms with Gasteiger partial charge in [0, 0.05) is 23.9 Å². The van der Waals surface area contributed by atoms with Gasteiger partial charge in [0.1, 0.15) is 5.82 Å². The number of halogens is 3. The van der Waals surface area contributed by atoms with Crippen LogP contribution in [-0.2, 0) is 4.79 Å². The van der Waals surface area contributed by atoms with Crippen LogP contribution >= 0.6 is 11.9 Å². The largest absolute Gasteiger partial charge is 0.326 e. The number of carbonyl (C=O) groups excluding carboxylic acids is 1. The van der Waals surface area contributed by atoms with Crippen molar-refractivity contribution in [2.45, 2.75) is 24.3 Å². The van der Waals surface area contributed by atoms with Crippen molar-refractivity contribution in [3.63, 3.8) is 0 Å². The minimum absolute atomic E-state index is 0.279. The van der Waals surface area contributed by atoms with E-state index in [0.29, 0.717) is 17.7 Å². The van der Waals surface area contributed by atoms with Gasteiger partial charge in [0.2, 0.25) is 5.91 Å². The Morgan fingerprint density at radius 1 is 1.00 bits per heavy atom. The topological polar surface area (TPSA) is 44.7 Å². The van der Waals surface area contributed by atoms with E-state index >= 15 is 0 Å². The molecule has 4 nitrogen and oxygen atoms in total. The fraction of sp³-hybridized carbons (Fsp3) is 0.130. The van der Waals surface area contributed by atoms with Gasteiger partial charge in [-0.2, -0.15) is 5.10 Å². The van der Waals surface area contributed by atoms with Crippen LogP contribution in [0.15, 0.2) is 76.7 Å². The first-order chi connectivity index (χ1) is 14.9. The molecule has 158 valence electrons. The number of amides is 1. The monoisotopic (exact) mass is 441 g/mol. The predicted molar refractivity (Wildman–Crippen MR) is 115 cm³/mol. The maximum atomic E-state index is 13.7. The molecule has 0 aliphatic carbocycles. The van der Waals surface area contributed by atoms with E-state index in [1.807, 2.05) is 24.3 Å². The van der Waals surface area contributed by atoms with E-state index in [0.717, 1.165) is 28.3 Å². The lowest BCUT2D eigenvalue weighted by Gasteiger charge is -2.20. The number of rotatable bonds is 5. The molecule has 0 spiro atoms. The van der Waals surface area contributed by atoms with Crippen molar-refractivity contribution in [2.75, 3.05) is 4.72 Å². The van der Waals surface area contributed by atoms with Crippen LogP contribution in [0.3, 0.4) is 0 Å². The van der Waals surface area contributed by atoms with Crippen LogP contribution in [0.5, 0.6) is 0 Å². The average Bonchev–Trinajstić information content (AvgIpc) is 3.21. The third-order valence-electron chi connectivity index (χ3n) is 4.88. The molecule has 1 aliphatic rings. The third-order valence-corrected chi connectivity index (χ3v) is 5.73. The number of hydrogen-bond donors (Lipinski definition) is 1. The van der Waals surface area contributed by atoms with Crippen LogP contribution in [-0.4, -0.2) is 16.6 Å². The summed E-state index contributed by atoms with van der Waals surface area (Å²) in [5.41, 5.74) is 2.84. The van der Waals surface area contributed by atoms with Crippen molar-refractivity contribution >= 4 is 29.3 Å². The first-order valence-electron chi connectivity index (χ1n) is 9.52. The lowest BCUT2D eigenvalue weighted by Crippen LogP contribution is -2.24. The van der Waals surface area contributed by atoms with Gasteiger partial charge >= 0.3 is 0 Å². The molecule has 0 bridgehead atoms. The quantitative estimate of drug-likeness (QED) is 0.500. The molecule has 1 unspecified atom stereocenters. The summed E-state index contributed by atoms with van der Waals surface area (Å²) in [6, 6.07) is 16.8. The zero-order chi connectivity index (χ0) is 22.0. The first kappa shape index (κ1) is 21.0. The summed E-state index contributed by atoms with van der Waals surface area (Å²) in [4.78, 5) is 12.9. The second-order valence-electron chi connectivity index (χ2n) is 7.04. The molecule has 0 fully saturated rings. The van der Waals surface area contributed by atoms with Crippen molar-refractivity contribution in [3.8, 4) is 0 Å². The third kappa shape index (κ3) is 4.74. The number of carbonyl (C=O) groups is 1. The SMILES string of the molecule is CC(=O)N1N=C(c2ccc(NSc3ccc(F)cc3)cc2)CC1c1ccc(F)c(F)c1. The molecule has 0 saturated heterocycles. The summed E-state index contributed by atoms with van der Waals surface area (Å²) in [5.74, 6) is -2.45. The first-order valence-corrected chi connectivity index (χ1v) is 10.3. The van der Waals surface area contributed by atoms with Gasteiger partial charge in [0.15, 0.2) is 11.6 Å². The van der Waals surface area contributed by atoms with Gasteiger partial charge in [-0.15, -0.1) is 0 Å². The van der Waals surface area contributed by atoms with Crippen LogP contribution in [0.4, 0.5) is 18.9 Å². The van der Waals surface area contributed by atoms with Crippen LogP contribution in [0.25, 0.3) is 0 Å². The molecule has 31 heavy (non-hydrogen) atoms. The van der Waals surface area contributed by atoms with E-state index < -0.39 is 17.7 Å². The Labute approximate surface area is 181 Å². The number of benzene rings is 3. The van der Waals surface area contributed by atoms with E-state index in [-0.39, 0.29) is 11.7 Å². The molecule has 1 amide bonds. The number of hydrazone groups is 1. The van der Waals surface area contributed by atoms with E-state index in [1.165, 1.54) is 42.1 Å². The average molecular weight is 441 g/mol. The molecule has 0 radical (unpaired) electrons. The Balaban J connectivity index is 1.48. The molecule has 3 aromatic rings. The van der Waals surface area contributed by atoms with Crippen LogP contribution in [0.1, 0.15) is 30.5 Å². The summed E-state index contributed by atoms with van der Waals surface area (Å²) in [6.07, 6.45) is 0.391. The zero-order valence-electron chi connectivity index (χ0n) is 16.5. The number of hydrogen-bond acceptors (Lipinski definition) is 4. The summed E-state index contributed by atoms with van der Waals surface area (Å²) in [5, 5.41) is 5.73. The molecule has 8 heteroatoms. The summed E-state index contributed by atoms with van der Waals surface area (Å²) in [7, 11) is 0. The minimum Gasteiger partial charge on any atom is -0.326 e. The number of nitrogens with one attached hydrogen (secondary N) is 1. The van der Waals surface area contributed by atoms with Gasteiger partial charge in [-0.25, -0.2) is 18.2 Å². The van der Waals surface area contributed by atoms with Gasteiger partial charge in [0.05, 0.1) is 11.8 Å². The molecule has 4 rings (SSSR count). The maximum absolute atomic E-state index is 13.7. The second kappa shape index (κ2) is 8.85. The van der Waals surface area contributed by atoms with E-state index in [4.69, 9.17) is 0 Å². The molecule has 0 saturated carbocycles. The van der Waals surface area contributed by atoms with E-state index in [9.17, 15) is 18.0 Å². The Hall–Kier alpha value is -3.26. The standard InChI is InChI=1S/C23H18F3N3OS/c1-14(30)29-23(16-4-11-20(25)21(26)12-16)13-22(27-29)15-2-7-18(8-3-15)28-31-19-9-5-17(24)6-10-19/h2-12,23,28H,13H2,1H3. The number of anilines is 1. The smallest absolute Gasteiger partial charge is 0.240 e. The van der Waals surface area contributed by atoms with Crippen molar-refractivity contribution in [3.05, 3.63) is 95.3 Å². The fourth-order valence-electron chi connectivity index (χ4n) is 3.31. The molecule has 1 atom stereocenters. The molecule has 0 aromatic heterocycles. The lowest BCUT2D eigenvalue weighted by molar-refractivity contribution is -0.130. The maximum Gasteiger partial charge on any atom is 0.240 e. The Bertz CT molecular complexity index is 1130. The highest BCUT2D eigenvalue weighted by molar-refractivity contribution is 8.00. The number of nitrogens with zero attached hydrogens (tertiary/aromatic N) is 2. The normalized spacial score (nSPS) is 15.7. The zero-order valence-corrected chi connectivity index (χ0v) is 17.3. The van der Waals surface area contributed by atoms with Crippen LogP contribution in [0, 0.1) is 17.5 Å². The molecular weight excluding hydrogens is 423 g/mol. The Morgan fingerprint density at radius 3 is 2.35 bits per heavy atom. The van der Waals surface area contributed by atoms with Gasteiger partial charge in [0.25, 0.3) is 0 Å². The summed E-state index contributed by atoms with van der Waals surface area (Å²) in [6.45, 7) is 1.39. The van der Waals surface area contributed by atoms with Crippen LogP contribution < -0.4 is 4.72 Å². The fourth-order valence-corrected chi connectivity index (χ4v) is 3.95. The van der Waals surface area contributed by atoms with E-state index in [1.54, 1.807) is 12.1 Å². The highest BCUT2D eigenvalue weighted by Gasteiger charge is 2.31. The Kier molecular flexibility index (Phi) is 5.99. The molecule has 3 aromatic carbocycles. The van der Waals surface area contributed by atoms with Gasteiger partial charge < -0.3 is 4.72 Å². The summed E-state index contributed by atoms with van der Waals surface area (Å²) >= 11 is 1.36. The summed E-state index contributed by atoms with van der Waals surface area (Å²) < 4.78 is 43.2. The highest BCUT2D eigenvalue weighted by Crippen LogP contribution is 2.33. The Morgan fingerprint density at radius 2 is 1.71 bits per heavy atom. The minimum atomic E-state index is -0.955. The van der Waals surface area contributed by atoms with Gasteiger partial charge in [-0.3, -0.25) is 4.79 Å². The van der Waals surface area contributed by atoms with Crippen molar-refractivity contribution in [1.29, 1.82) is 0 Å². The van der Waals surface area contributed by atoms with Gasteiger partial charge in [-0.05, 0) is 71.6 Å². The van der Waals surface area contributed by atoms with Crippen molar-refractivity contribution in [1.82, 2.24) is 5.01 Å². The molecule has 1 aliphatic heterocycles. The van der Waals surface area contributed by atoms with Crippen molar-refractivity contribution in [2.24, 2.45) is 5.10 Å². The predicted octanol–water partition coefficient (Wildman–Crippen LogP) is 5.92. The lowest BCUT2D eigenvalue weighted by atomic mass is 9.98.